The summed E-state index contributed by atoms with van der Waals surface area (Å²) in [5.41, 5.74) is 8.50. The van der Waals surface area contributed by atoms with Crippen LogP contribution in [0.5, 0.6) is 0 Å². The van der Waals surface area contributed by atoms with Crippen molar-refractivity contribution in [3.8, 4) is 45.3 Å². The Morgan fingerprint density at radius 3 is 1.98 bits per heavy atom. The summed E-state index contributed by atoms with van der Waals surface area (Å²) in [7, 11) is 0. The number of aromatic nitrogens is 4. The SMILES string of the molecule is CC1(C)C2=c3ccccc3=CC2=Cc2c(-c3nc(-c4ccccc4)nc(-c4ccccc4)n3)c3ccn(C(=O)O)cc-3c21. The fourth-order valence-corrected chi connectivity index (χ4v) is 6.76. The van der Waals surface area contributed by atoms with Gasteiger partial charge in [-0.05, 0) is 56.5 Å². The van der Waals surface area contributed by atoms with E-state index in [4.69, 9.17) is 15.0 Å². The zero-order chi connectivity index (χ0) is 29.3. The Labute approximate surface area is 248 Å². The molecule has 0 radical (unpaired) electrons. The molecule has 206 valence electrons. The van der Waals surface area contributed by atoms with Gasteiger partial charge in [-0.15, -0.1) is 0 Å². The van der Waals surface area contributed by atoms with Crippen molar-refractivity contribution in [2.45, 2.75) is 19.3 Å². The van der Waals surface area contributed by atoms with Crippen molar-refractivity contribution in [1.82, 2.24) is 19.5 Å². The lowest BCUT2D eigenvalue weighted by atomic mass is 9.69. The van der Waals surface area contributed by atoms with Crippen LogP contribution in [0.15, 0.2) is 109 Å². The highest BCUT2D eigenvalue weighted by Gasteiger charge is 2.41. The van der Waals surface area contributed by atoms with E-state index in [-0.39, 0.29) is 0 Å². The van der Waals surface area contributed by atoms with Crippen LogP contribution in [0.3, 0.4) is 0 Å². The zero-order valence-electron chi connectivity index (χ0n) is 23.6. The molecule has 0 fully saturated rings. The van der Waals surface area contributed by atoms with Crippen molar-refractivity contribution >= 4 is 23.8 Å². The fourth-order valence-electron chi connectivity index (χ4n) is 6.76. The molecule has 8 rings (SSSR count). The summed E-state index contributed by atoms with van der Waals surface area (Å²) in [5.74, 6) is 1.72. The van der Waals surface area contributed by atoms with Crippen LogP contribution in [-0.4, -0.2) is 30.7 Å². The molecule has 3 aromatic carbocycles. The minimum Gasteiger partial charge on any atom is -0.464 e. The summed E-state index contributed by atoms with van der Waals surface area (Å²) < 4.78 is 1.22. The molecule has 0 amide bonds. The minimum absolute atomic E-state index is 0.422. The Morgan fingerprint density at radius 1 is 0.721 bits per heavy atom. The Balaban J connectivity index is 1.48. The van der Waals surface area contributed by atoms with Crippen LogP contribution in [0.25, 0.3) is 63.0 Å². The van der Waals surface area contributed by atoms with E-state index in [0.29, 0.717) is 17.5 Å². The maximum atomic E-state index is 12.1. The summed E-state index contributed by atoms with van der Waals surface area (Å²) in [6.07, 6.45) is 6.75. The van der Waals surface area contributed by atoms with Crippen LogP contribution in [0.4, 0.5) is 4.79 Å². The maximum Gasteiger partial charge on any atom is 0.415 e. The van der Waals surface area contributed by atoms with Crippen LogP contribution in [0.2, 0.25) is 0 Å². The fraction of sp³-hybridized carbons (Fsp3) is 0.0811. The number of nitrogens with zero attached hydrogens (tertiary/aromatic N) is 4. The van der Waals surface area contributed by atoms with E-state index in [2.05, 4.69) is 50.3 Å². The van der Waals surface area contributed by atoms with E-state index in [1.165, 1.54) is 20.6 Å². The highest BCUT2D eigenvalue weighted by atomic mass is 16.4. The summed E-state index contributed by atoms with van der Waals surface area (Å²) in [4.78, 5) is 27.1. The van der Waals surface area contributed by atoms with Crippen molar-refractivity contribution in [3.63, 3.8) is 0 Å². The Hall–Kier alpha value is -5.62. The van der Waals surface area contributed by atoms with E-state index in [1.807, 2.05) is 66.7 Å². The van der Waals surface area contributed by atoms with E-state index < -0.39 is 11.5 Å². The monoisotopic (exact) mass is 558 g/mol. The molecule has 0 saturated carbocycles. The van der Waals surface area contributed by atoms with Gasteiger partial charge in [-0.25, -0.2) is 19.7 Å². The molecule has 3 aliphatic carbocycles. The van der Waals surface area contributed by atoms with Gasteiger partial charge < -0.3 is 5.11 Å². The summed E-state index contributed by atoms with van der Waals surface area (Å²) >= 11 is 0. The van der Waals surface area contributed by atoms with Crippen molar-refractivity contribution in [2.24, 2.45) is 0 Å². The smallest absolute Gasteiger partial charge is 0.415 e. The van der Waals surface area contributed by atoms with E-state index in [9.17, 15) is 9.90 Å². The first-order valence-corrected chi connectivity index (χ1v) is 14.2. The number of fused-ring (bicyclic) bond motifs is 5. The number of hydrogen-bond donors (Lipinski definition) is 1. The number of carboxylic acid groups (broad SMARTS) is 1. The van der Waals surface area contributed by atoms with Gasteiger partial charge in [0.15, 0.2) is 17.5 Å². The lowest BCUT2D eigenvalue weighted by Crippen LogP contribution is -2.31. The molecule has 43 heavy (non-hydrogen) atoms. The van der Waals surface area contributed by atoms with Crippen LogP contribution in [-0.2, 0) is 5.41 Å². The van der Waals surface area contributed by atoms with Crippen LogP contribution >= 0.6 is 0 Å². The van der Waals surface area contributed by atoms with Gasteiger partial charge in [0.25, 0.3) is 0 Å². The first-order valence-electron chi connectivity index (χ1n) is 14.2. The van der Waals surface area contributed by atoms with Gasteiger partial charge in [0, 0.05) is 40.1 Å². The Bertz CT molecular complexity index is 2170. The maximum absolute atomic E-state index is 12.1. The predicted octanol–water partition coefficient (Wildman–Crippen LogP) is 6.62. The van der Waals surface area contributed by atoms with Gasteiger partial charge in [-0.1, -0.05) is 98.8 Å². The standard InChI is InChI=1S/C37H26N4O2/c1-37(2)31-25(19-24-15-9-10-16-26(24)31)20-28-30(27-17-18-41(36(42)43)21-29(27)32(28)37)35-39-33(22-11-5-3-6-12-22)38-34(40-35)23-13-7-4-8-14-23/h3-21H,1-2H3,(H,42,43). The van der Waals surface area contributed by atoms with Gasteiger partial charge >= 0.3 is 6.09 Å². The van der Waals surface area contributed by atoms with Crippen molar-refractivity contribution in [3.05, 3.63) is 131 Å². The molecule has 1 aliphatic heterocycles. The topological polar surface area (TPSA) is 80.9 Å². The van der Waals surface area contributed by atoms with E-state index in [1.54, 1.807) is 12.4 Å². The number of benzene rings is 3. The molecular weight excluding hydrogens is 532 g/mol. The third-order valence-electron chi connectivity index (χ3n) is 8.56. The second kappa shape index (κ2) is 9.19. The largest absolute Gasteiger partial charge is 0.464 e. The zero-order valence-corrected chi connectivity index (χ0v) is 23.6. The predicted molar refractivity (Wildman–Crippen MR) is 169 cm³/mol. The number of carbonyl (C=O) groups is 1. The van der Waals surface area contributed by atoms with Gasteiger partial charge in [-0.3, -0.25) is 4.57 Å². The molecule has 6 nitrogen and oxygen atoms in total. The lowest BCUT2D eigenvalue weighted by molar-refractivity contribution is 0.196. The second-order valence-corrected chi connectivity index (χ2v) is 11.5. The minimum atomic E-state index is -1.03. The van der Waals surface area contributed by atoms with Crippen molar-refractivity contribution in [2.75, 3.05) is 0 Å². The first-order chi connectivity index (χ1) is 20.9. The molecular formula is C37H26N4O2. The molecule has 0 bridgehead atoms. The van der Waals surface area contributed by atoms with Gasteiger partial charge in [0.05, 0.1) is 0 Å². The molecule has 0 unspecified atom stereocenters. The highest BCUT2D eigenvalue weighted by Crippen LogP contribution is 2.55. The third kappa shape index (κ3) is 3.80. The second-order valence-electron chi connectivity index (χ2n) is 11.5. The Morgan fingerprint density at radius 2 is 1.33 bits per heavy atom. The molecule has 6 heteroatoms. The number of pyridine rings is 1. The average molecular weight is 559 g/mol. The quantitative estimate of drug-likeness (QED) is 0.264. The number of hydrogen-bond acceptors (Lipinski definition) is 4. The van der Waals surface area contributed by atoms with Crippen LogP contribution < -0.4 is 10.4 Å². The first kappa shape index (κ1) is 25.1. The van der Waals surface area contributed by atoms with E-state index in [0.717, 1.165) is 44.5 Å². The third-order valence-corrected chi connectivity index (χ3v) is 8.56. The molecule has 0 spiro atoms. The summed E-state index contributed by atoms with van der Waals surface area (Å²) in [6, 6.07) is 30.2. The molecule has 1 aromatic heterocycles. The van der Waals surface area contributed by atoms with Crippen LogP contribution in [0.1, 0.15) is 25.0 Å². The number of rotatable bonds is 3. The molecule has 2 heterocycles. The summed E-state index contributed by atoms with van der Waals surface area (Å²) in [5, 5.41) is 12.3. The molecule has 1 N–H and O–H groups in total. The summed E-state index contributed by atoms with van der Waals surface area (Å²) in [6.45, 7) is 4.45. The van der Waals surface area contributed by atoms with Crippen molar-refractivity contribution in [1.29, 1.82) is 0 Å². The van der Waals surface area contributed by atoms with Crippen LogP contribution in [0, 0.1) is 0 Å². The van der Waals surface area contributed by atoms with E-state index >= 15 is 0 Å². The molecule has 0 atom stereocenters. The van der Waals surface area contributed by atoms with Gasteiger partial charge in [0.1, 0.15) is 0 Å². The molecule has 4 aliphatic rings. The molecule has 0 saturated heterocycles. The Kier molecular flexibility index (Phi) is 5.37. The molecule has 4 aromatic rings. The normalized spacial score (nSPS) is 14.5. The average Bonchev–Trinajstić information content (AvgIpc) is 3.58. The van der Waals surface area contributed by atoms with Crippen molar-refractivity contribution < 1.29 is 9.90 Å². The number of allylic oxidation sites excluding steroid dienone is 1. The van der Waals surface area contributed by atoms with Gasteiger partial charge in [0.2, 0.25) is 0 Å². The van der Waals surface area contributed by atoms with Gasteiger partial charge in [-0.2, -0.15) is 0 Å². The highest BCUT2D eigenvalue weighted by molar-refractivity contribution is 6.06. The lowest BCUT2D eigenvalue weighted by Gasteiger charge is -2.33.